The van der Waals surface area contributed by atoms with Gasteiger partial charge in [-0.2, -0.15) is 4.31 Å². The number of amides is 1. The number of benzene rings is 2. The Hall–Kier alpha value is -2.18. The van der Waals surface area contributed by atoms with Crippen LogP contribution in [-0.4, -0.2) is 31.7 Å². The number of nitrogens with one attached hydrogen (secondary N) is 1. The molecule has 0 saturated heterocycles. The van der Waals surface area contributed by atoms with E-state index in [9.17, 15) is 13.2 Å². The molecule has 0 aliphatic heterocycles. The molecule has 6 heteroatoms. The number of nitrogens with zero attached hydrogens (tertiary/aromatic N) is 1. The lowest BCUT2D eigenvalue weighted by Crippen LogP contribution is -2.38. The smallest absolute Gasteiger partial charge is 0.255 e. The van der Waals surface area contributed by atoms with E-state index in [0.29, 0.717) is 5.56 Å². The number of carbonyl (C=O) groups is 1. The van der Waals surface area contributed by atoms with E-state index in [2.05, 4.69) is 5.32 Å². The first-order valence-electron chi connectivity index (χ1n) is 10.3. The molecule has 0 aromatic heterocycles. The van der Waals surface area contributed by atoms with Crippen LogP contribution in [0.1, 0.15) is 60.5 Å². The van der Waals surface area contributed by atoms with Crippen LogP contribution in [0.25, 0.3) is 0 Å². The van der Waals surface area contributed by atoms with Crippen molar-refractivity contribution in [3.8, 4) is 0 Å². The van der Waals surface area contributed by atoms with Crippen molar-refractivity contribution in [3.05, 3.63) is 59.2 Å². The number of carbonyl (C=O) groups excluding carboxylic acids is 1. The Morgan fingerprint density at radius 1 is 1.07 bits per heavy atom. The number of hydrogen-bond acceptors (Lipinski definition) is 3. The van der Waals surface area contributed by atoms with Gasteiger partial charge in [0.1, 0.15) is 0 Å². The Balaban J connectivity index is 1.77. The van der Waals surface area contributed by atoms with Crippen LogP contribution in [0.2, 0.25) is 0 Å². The molecule has 1 aliphatic carbocycles. The highest BCUT2D eigenvalue weighted by Crippen LogP contribution is 2.27. The zero-order chi connectivity index (χ0) is 21.0. The van der Waals surface area contributed by atoms with Gasteiger partial charge in [-0.25, -0.2) is 8.42 Å². The zero-order valence-electron chi connectivity index (χ0n) is 17.4. The second-order valence-corrected chi connectivity index (χ2v) is 9.75. The molecule has 1 fully saturated rings. The monoisotopic (exact) mass is 414 g/mol. The van der Waals surface area contributed by atoms with Gasteiger partial charge in [-0.15, -0.1) is 0 Å². The lowest BCUT2D eigenvalue weighted by atomic mass is 9.96. The quantitative estimate of drug-likeness (QED) is 0.741. The van der Waals surface area contributed by atoms with Crippen LogP contribution in [0.15, 0.2) is 47.4 Å². The van der Waals surface area contributed by atoms with Crippen molar-refractivity contribution in [1.29, 1.82) is 0 Å². The van der Waals surface area contributed by atoms with Gasteiger partial charge in [0.2, 0.25) is 10.0 Å². The summed E-state index contributed by atoms with van der Waals surface area (Å²) in [7, 11) is -1.89. The highest BCUT2D eigenvalue weighted by molar-refractivity contribution is 7.89. The molecule has 0 bridgehead atoms. The van der Waals surface area contributed by atoms with Crippen molar-refractivity contribution >= 4 is 21.6 Å². The second-order valence-electron chi connectivity index (χ2n) is 7.75. The topological polar surface area (TPSA) is 66.5 Å². The van der Waals surface area contributed by atoms with Crippen LogP contribution in [0.5, 0.6) is 0 Å². The molecule has 1 aliphatic rings. The van der Waals surface area contributed by atoms with Crippen LogP contribution >= 0.6 is 0 Å². The Morgan fingerprint density at radius 2 is 1.72 bits per heavy atom. The lowest BCUT2D eigenvalue weighted by Gasteiger charge is -2.30. The fourth-order valence-corrected chi connectivity index (χ4v) is 5.39. The molecule has 0 unspecified atom stereocenters. The number of anilines is 1. The predicted octanol–water partition coefficient (Wildman–Crippen LogP) is 4.76. The molecule has 0 heterocycles. The van der Waals surface area contributed by atoms with E-state index >= 15 is 0 Å². The summed E-state index contributed by atoms with van der Waals surface area (Å²) >= 11 is 0. The summed E-state index contributed by atoms with van der Waals surface area (Å²) in [6.45, 7) is 4.01. The molecule has 29 heavy (non-hydrogen) atoms. The molecule has 2 aromatic rings. The third-order valence-corrected chi connectivity index (χ3v) is 7.79. The second kappa shape index (κ2) is 9.09. The summed E-state index contributed by atoms with van der Waals surface area (Å²) in [4.78, 5) is 12.9. The predicted molar refractivity (Wildman–Crippen MR) is 117 cm³/mol. The van der Waals surface area contributed by atoms with Crippen molar-refractivity contribution in [2.75, 3.05) is 12.4 Å². The molecule has 1 N–H and O–H groups in total. The number of aryl methyl sites for hydroxylation is 2. The van der Waals surface area contributed by atoms with Gasteiger partial charge >= 0.3 is 0 Å². The van der Waals surface area contributed by atoms with Crippen LogP contribution < -0.4 is 5.32 Å². The van der Waals surface area contributed by atoms with Gasteiger partial charge in [-0.3, -0.25) is 4.79 Å². The van der Waals surface area contributed by atoms with Gasteiger partial charge in [-0.1, -0.05) is 44.4 Å². The first-order chi connectivity index (χ1) is 13.8. The number of hydrogen-bond donors (Lipinski definition) is 1. The lowest BCUT2D eigenvalue weighted by molar-refractivity contribution is 0.102. The minimum absolute atomic E-state index is 0.0604. The van der Waals surface area contributed by atoms with E-state index in [1.807, 2.05) is 32.0 Å². The standard InChI is InChI=1S/C23H30N2O3S/c1-4-18-10-8-9-17(2)22(18)24-23(26)19-13-15-21(16-14-19)29(27,28)25(3)20-11-6-5-7-12-20/h8-10,13-16,20H,4-7,11-12H2,1-3H3,(H,24,26). The van der Waals surface area contributed by atoms with Crippen molar-refractivity contribution in [3.63, 3.8) is 0 Å². The summed E-state index contributed by atoms with van der Waals surface area (Å²) in [5, 5.41) is 2.98. The minimum atomic E-state index is -3.56. The SMILES string of the molecule is CCc1cccc(C)c1NC(=O)c1ccc(S(=O)(=O)N(C)C2CCCCC2)cc1. The summed E-state index contributed by atoms with van der Waals surface area (Å²) in [6.07, 6.45) is 5.96. The Morgan fingerprint density at radius 3 is 2.34 bits per heavy atom. The van der Waals surface area contributed by atoms with Crippen LogP contribution in [-0.2, 0) is 16.4 Å². The Bertz CT molecular complexity index is 962. The van der Waals surface area contributed by atoms with E-state index in [-0.39, 0.29) is 16.8 Å². The number of sulfonamides is 1. The zero-order valence-corrected chi connectivity index (χ0v) is 18.3. The molecule has 2 aromatic carbocycles. The van der Waals surface area contributed by atoms with Gasteiger partial charge in [0.15, 0.2) is 0 Å². The van der Waals surface area contributed by atoms with Crippen molar-refractivity contribution in [1.82, 2.24) is 4.31 Å². The average molecular weight is 415 g/mol. The fraction of sp³-hybridized carbons (Fsp3) is 0.435. The van der Waals surface area contributed by atoms with E-state index in [1.165, 1.54) is 22.9 Å². The normalized spacial score (nSPS) is 15.4. The molecule has 1 amide bonds. The van der Waals surface area contributed by atoms with E-state index in [4.69, 9.17) is 0 Å². The first kappa shape index (κ1) is 21.5. The molecule has 0 atom stereocenters. The molecule has 0 spiro atoms. The molecule has 0 radical (unpaired) electrons. The van der Waals surface area contributed by atoms with Gasteiger partial charge in [0.25, 0.3) is 5.91 Å². The molecule has 1 saturated carbocycles. The average Bonchev–Trinajstić information content (AvgIpc) is 2.75. The molecule has 3 rings (SSSR count). The van der Waals surface area contributed by atoms with Gasteiger partial charge in [0, 0.05) is 24.3 Å². The number of para-hydroxylation sites is 1. The Kier molecular flexibility index (Phi) is 6.75. The van der Waals surface area contributed by atoms with Crippen LogP contribution in [0, 0.1) is 6.92 Å². The summed E-state index contributed by atoms with van der Waals surface area (Å²) in [5.74, 6) is -0.237. The Labute approximate surface area is 174 Å². The first-order valence-corrected chi connectivity index (χ1v) is 11.8. The molecule has 5 nitrogen and oxygen atoms in total. The molecular weight excluding hydrogens is 384 g/mol. The highest BCUT2D eigenvalue weighted by atomic mass is 32.2. The van der Waals surface area contributed by atoms with Gasteiger partial charge in [0.05, 0.1) is 4.90 Å². The fourth-order valence-electron chi connectivity index (χ4n) is 3.97. The van der Waals surface area contributed by atoms with Crippen LogP contribution in [0.4, 0.5) is 5.69 Å². The minimum Gasteiger partial charge on any atom is -0.321 e. The maximum atomic E-state index is 13.0. The maximum Gasteiger partial charge on any atom is 0.255 e. The van der Waals surface area contributed by atoms with Gasteiger partial charge < -0.3 is 5.32 Å². The van der Waals surface area contributed by atoms with Crippen molar-refractivity contribution < 1.29 is 13.2 Å². The number of rotatable bonds is 6. The summed E-state index contributed by atoms with van der Waals surface area (Å²) in [6, 6.07) is 12.2. The van der Waals surface area contributed by atoms with E-state index in [0.717, 1.165) is 48.9 Å². The van der Waals surface area contributed by atoms with E-state index < -0.39 is 10.0 Å². The third-order valence-electron chi connectivity index (χ3n) is 5.86. The highest BCUT2D eigenvalue weighted by Gasteiger charge is 2.29. The maximum absolute atomic E-state index is 13.0. The largest absolute Gasteiger partial charge is 0.321 e. The molecular formula is C23H30N2O3S. The van der Waals surface area contributed by atoms with Gasteiger partial charge in [-0.05, 0) is 61.6 Å². The summed E-state index contributed by atoms with van der Waals surface area (Å²) in [5.41, 5.74) is 3.35. The van der Waals surface area contributed by atoms with E-state index in [1.54, 1.807) is 19.2 Å². The van der Waals surface area contributed by atoms with Crippen molar-refractivity contribution in [2.45, 2.75) is 63.3 Å². The van der Waals surface area contributed by atoms with Crippen LogP contribution in [0.3, 0.4) is 0 Å². The van der Waals surface area contributed by atoms with Crippen molar-refractivity contribution in [2.24, 2.45) is 0 Å². The summed E-state index contributed by atoms with van der Waals surface area (Å²) < 4.78 is 27.4. The molecule has 156 valence electrons. The third kappa shape index (κ3) is 4.70.